The monoisotopic (exact) mass is 274 g/mol. The van der Waals surface area contributed by atoms with Crippen LogP contribution in [-0.4, -0.2) is 28.4 Å². The Balaban J connectivity index is 2.15. The van der Waals surface area contributed by atoms with Crippen molar-refractivity contribution in [3.63, 3.8) is 0 Å². The molecule has 0 atom stereocenters. The number of aromatic nitrogens is 3. The quantitative estimate of drug-likeness (QED) is 0.876. The fourth-order valence-electron chi connectivity index (χ4n) is 2.24. The van der Waals surface area contributed by atoms with Gasteiger partial charge in [0.15, 0.2) is 0 Å². The standard InChI is InChI=1S/C15H22N4O/c1-5-16-7-13-8-18-19(9-13)10-14-12(3)15(20-4)11(2)6-17-14/h6,8-9,16H,5,7,10H2,1-4H3. The average Bonchev–Trinajstić information content (AvgIpc) is 2.88. The second-order valence-corrected chi connectivity index (χ2v) is 4.87. The lowest BCUT2D eigenvalue weighted by Gasteiger charge is -2.12. The predicted molar refractivity (Wildman–Crippen MR) is 79.0 cm³/mol. The second kappa shape index (κ2) is 6.52. The zero-order valence-corrected chi connectivity index (χ0v) is 12.6. The van der Waals surface area contributed by atoms with Crippen LogP contribution in [0.5, 0.6) is 5.75 Å². The van der Waals surface area contributed by atoms with Crippen molar-refractivity contribution in [1.82, 2.24) is 20.1 Å². The van der Waals surface area contributed by atoms with Gasteiger partial charge in [-0.15, -0.1) is 0 Å². The van der Waals surface area contributed by atoms with E-state index in [-0.39, 0.29) is 0 Å². The molecule has 0 fully saturated rings. The Labute approximate surface area is 120 Å². The van der Waals surface area contributed by atoms with Gasteiger partial charge in [-0.05, 0) is 20.4 Å². The molecule has 0 aliphatic carbocycles. The van der Waals surface area contributed by atoms with Crippen LogP contribution in [0.25, 0.3) is 0 Å². The minimum absolute atomic E-state index is 0.661. The first kappa shape index (κ1) is 14.5. The van der Waals surface area contributed by atoms with Gasteiger partial charge in [0, 0.05) is 35.6 Å². The number of pyridine rings is 1. The lowest BCUT2D eigenvalue weighted by atomic mass is 10.1. The summed E-state index contributed by atoms with van der Waals surface area (Å²) in [5.41, 5.74) is 4.31. The van der Waals surface area contributed by atoms with Gasteiger partial charge in [0.05, 0.1) is 25.5 Å². The minimum Gasteiger partial charge on any atom is -0.496 e. The molecule has 0 bridgehead atoms. The van der Waals surface area contributed by atoms with Crippen LogP contribution in [0.3, 0.4) is 0 Å². The molecule has 5 heteroatoms. The number of nitrogens with one attached hydrogen (secondary N) is 1. The van der Waals surface area contributed by atoms with Crippen LogP contribution >= 0.6 is 0 Å². The maximum absolute atomic E-state index is 5.43. The summed E-state index contributed by atoms with van der Waals surface area (Å²) in [6.07, 6.45) is 5.80. The third kappa shape index (κ3) is 3.17. The Kier molecular flexibility index (Phi) is 4.74. The van der Waals surface area contributed by atoms with Crippen molar-refractivity contribution in [1.29, 1.82) is 0 Å². The molecule has 0 saturated heterocycles. The largest absolute Gasteiger partial charge is 0.496 e. The van der Waals surface area contributed by atoms with Crippen molar-refractivity contribution in [3.8, 4) is 5.75 Å². The molecular formula is C15H22N4O. The number of ether oxygens (including phenoxy) is 1. The van der Waals surface area contributed by atoms with Crippen LogP contribution < -0.4 is 10.1 Å². The van der Waals surface area contributed by atoms with E-state index in [0.717, 1.165) is 35.7 Å². The van der Waals surface area contributed by atoms with E-state index >= 15 is 0 Å². The highest BCUT2D eigenvalue weighted by atomic mass is 16.5. The number of hydrogen-bond donors (Lipinski definition) is 1. The summed E-state index contributed by atoms with van der Waals surface area (Å²) in [6.45, 7) is 8.61. The fourth-order valence-corrected chi connectivity index (χ4v) is 2.24. The van der Waals surface area contributed by atoms with E-state index in [9.17, 15) is 0 Å². The van der Waals surface area contributed by atoms with Crippen LogP contribution in [0, 0.1) is 13.8 Å². The summed E-state index contributed by atoms with van der Waals surface area (Å²) in [5, 5.41) is 7.67. The number of methoxy groups -OCH3 is 1. The molecule has 0 aliphatic rings. The molecule has 0 aliphatic heterocycles. The van der Waals surface area contributed by atoms with Gasteiger partial charge in [0.2, 0.25) is 0 Å². The van der Waals surface area contributed by atoms with Crippen LogP contribution in [-0.2, 0) is 13.1 Å². The summed E-state index contributed by atoms with van der Waals surface area (Å²) < 4.78 is 7.35. The van der Waals surface area contributed by atoms with Gasteiger partial charge >= 0.3 is 0 Å². The van der Waals surface area contributed by atoms with Crippen molar-refractivity contribution >= 4 is 0 Å². The van der Waals surface area contributed by atoms with Gasteiger partial charge in [0.1, 0.15) is 5.75 Å². The molecule has 2 rings (SSSR count). The summed E-state index contributed by atoms with van der Waals surface area (Å²) in [4.78, 5) is 4.50. The molecule has 0 unspecified atom stereocenters. The summed E-state index contributed by atoms with van der Waals surface area (Å²) in [7, 11) is 1.70. The average molecular weight is 274 g/mol. The molecule has 20 heavy (non-hydrogen) atoms. The third-order valence-corrected chi connectivity index (χ3v) is 3.33. The van der Waals surface area contributed by atoms with Gasteiger partial charge in [-0.3, -0.25) is 9.67 Å². The first-order valence-electron chi connectivity index (χ1n) is 6.86. The van der Waals surface area contributed by atoms with E-state index in [0.29, 0.717) is 6.54 Å². The first-order chi connectivity index (χ1) is 9.65. The van der Waals surface area contributed by atoms with Crippen LogP contribution in [0.15, 0.2) is 18.6 Å². The second-order valence-electron chi connectivity index (χ2n) is 4.87. The highest BCUT2D eigenvalue weighted by Crippen LogP contribution is 2.24. The van der Waals surface area contributed by atoms with Crippen molar-refractivity contribution in [3.05, 3.63) is 41.0 Å². The van der Waals surface area contributed by atoms with Crippen LogP contribution in [0.4, 0.5) is 0 Å². The van der Waals surface area contributed by atoms with E-state index in [4.69, 9.17) is 4.74 Å². The maximum Gasteiger partial charge on any atom is 0.128 e. The zero-order valence-electron chi connectivity index (χ0n) is 12.6. The molecule has 2 heterocycles. The molecule has 2 aromatic rings. The van der Waals surface area contributed by atoms with Crippen molar-refractivity contribution in [2.24, 2.45) is 0 Å². The predicted octanol–water partition coefficient (Wildman–Crippen LogP) is 2.06. The van der Waals surface area contributed by atoms with Crippen molar-refractivity contribution in [2.45, 2.75) is 33.9 Å². The number of nitrogens with zero attached hydrogens (tertiary/aromatic N) is 3. The smallest absolute Gasteiger partial charge is 0.128 e. The Hall–Kier alpha value is -1.88. The van der Waals surface area contributed by atoms with E-state index < -0.39 is 0 Å². The van der Waals surface area contributed by atoms with Crippen molar-refractivity contribution < 1.29 is 4.74 Å². The fraction of sp³-hybridized carbons (Fsp3) is 0.467. The Morgan fingerprint density at radius 3 is 2.80 bits per heavy atom. The lowest BCUT2D eigenvalue weighted by molar-refractivity contribution is 0.406. The highest BCUT2D eigenvalue weighted by Gasteiger charge is 2.10. The van der Waals surface area contributed by atoms with Gasteiger partial charge in [0.25, 0.3) is 0 Å². The van der Waals surface area contributed by atoms with Gasteiger partial charge in [-0.25, -0.2) is 0 Å². The molecule has 0 aromatic carbocycles. The molecule has 1 N–H and O–H groups in total. The Morgan fingerprint density at radius 1 is 1.30 bits per heavy atom. The van der Waals surface area contributed by atoms with E-state index in [1.807, 2.05) is 30.9 Å². The molecular weight excluding hydrogens is 252 g/mol. The van der Waals surface area contributed by atoms with Crippen LogP contribution in [0.1, 0.15) is 29.3 Å². The normalized spacial score (nSPS) is 10.8. The Bertz CT molecular complexity index is 577. The maximum atomic E-state index is 5.43. The summed E-state index contributed by atoms with van der Waals surface area (Å²) >= 11 is 0. The van der Waals surface area contributed by atoms with Crippen molar-refractivity contribution in [2.75, 3.05) is 13.7 Å². The minimum atomic E-state index is 0.661. The van der Waals surface area contributed by atoms with Gasteiger partial charge < -0.3 is 10.1 Å². The van der Waals surface area contributed by atoms with E-state index in [1.165, 1.54) is 5.56 Å². The zero-order chi connectivity index (χ0) is 14.5. The first-order valence-corrected chi connectivity index (χ1v) is 6.86. The summed E-state index contributed by atoms with van der Waals surface area (Å²) in [5.74, 6) is 0.912. The molecule has 0 amide bonds. The van der Waals surface area contributed by atoms with E-state index in [1.54, 1.807) is 7.11 Å². The molecule has 108 valence electrons. The number of aryl methyl sites for hydroxylation is 1. The van der Waals surface area contributed by atoms with E-state index in [2.05, 4.69) is 28.5 Å². The van der Waals surface area contributed by atoms with Crippen LogP contribution in [0.2, 0.25) is 0 Å². The topological polar surface area (TPSA) is 52.0 Å². The number of rotatable bonds is 6. The number of hydrogen-bond acceptors (Lipinski definition) is 4. The third-order valence-electron chi connectivity index (χ3n) is 3.33. The van der Waals surface area contributed by atoms with Gasteiger partial charge in [-0.1, -0.05) is 6.92 Å². The van der Waals surface area contributed by atoms with Gasteiger partial charge in [-0.2, -0.15) is 5.10 Å². The molecule has 0 saturated carbocycles. The Morgan fingerprint density at radius 2 is 2.10 bits per heavy atom. The highest BCUT2D eigenvalue weighted by molar-refractivity contribution is 5.41. The SMILES string of the molecule is CCNCc1cnn(Cc2ncc(C)c(OC)c2C)c1. The summed E-state index contributed by atoms with van der Waals surface area (Å²) in [6, 6.07) is 0. The molecule has 5 nitrogen and oxygen atoms in total. The molecule has 2 aromatic heterocycles. The molecule has 0 radical (unpaired) electrons. The molecule has 0 spiro atoms. The lowest BCUT2D eigenvalue weighted by Crippen LogP contribution is -2.11.